The van der Waals surface area contributed by atoms with E-state index >= 15 is 0 Å². The molecule has 3 atom stereocenters. The van der Waals surface area contributed by atoms with Gasteiger partial charge in [-0.1, -0.05) is 35.9 Å². The normalized spacial score (nSPS) is 26.8. The number of fused-ring (bicyclic) bond motifs is 3. The zero-order valence-corrected chi connectivity index (χ0v) is 18.6. The maximum absolute atomic E-state index is 13.0. The number of halogens is 1. The SMILES string of the molecule is NS(=O)(=O)OCC12CCC(Cc3ccccc3C1)C2NS(=O)(=O)c1ccc(Cl)s1. The molecule has 1 saturated carbocycles. The smallest absolute Gasteiger partial charge is 0.258 e. The van der Waals surface area contributed by atoms with Crippen LogP contribution in [0.25, 0.3) is 0 Å². The lowest BCUT2D eigenvalue weighted by atomic mass is 9.78. The summed E-state index contributed by atoms with van der Waals surface area (Å²) in [6.07, 6.45) is 2.62. The lowest BCUT2D eigenvalue weighted by Crippen LogP contribution is -2.50. The van der Waals surface area contributed by atoms with E-state index in [0.717, 1.165) is 28.9 Å². The van der Waals surface area contributed by atoms with Crippen molar-refractivity contribution in [1.82, 2.24) is 4.72 Å². The largest absolute Gasteiger partial charge is 0.333 e. The molecule has 1 aromatic heterocycles. The van der Waals surface area contributed by atoms with Crippen molar-refractivity contribution in [3.05, 3.63) is 51.9 Å². The Kier molecular flexibility index (Phi) is 5.56. The molecule has 2 aromatic rings. The highest BCUT2D eigenvalue weighted by Gasteiger charge is 2.52. The maximum Gasteiger partial charge on any atom is 0.333 e. The van der Waals surface area contributed by atoms with Crippen LogP contribution in [0.2, 0.25) is 4.34 Å². The first-order valence-electron chi connectivity index (χ1n) is 9.10. The molecule has 2 aliphatic carbocycles. The van der Waals surface area contributed by atoms with Crippen LogP contribution in [-0.2, 0) is 37.4 Å². The zero-order valence-electron chi connectivity index (χ0n) is 15.4. The first-order valence-corrected chi connectivity index (χ1v) is 13.2. The Morgan fingerprint density at radius 1 is 1.17 bits per heavy atom. The standard InChI is InChI=1S/C18H21ClN2O5S3/c19-15-5-6-16(27-15)28(22,23)21-17-13-7-8-18(17,11-26-29(20,24)25)10-14-4-2-1-3-12(14)9-13/h1-6,13,17,21H,7-11H2,(H2,20,24,25). The highest BCUT2D eigenvalue weighted by Crippen LogP contribution is 2.49. The maximum atomic E-state index is 13.0. The minimum atomic E-state index is -4.15. The first kappa shape index (κ1) is 21.2. The number of benzene rings is 1. The Labute approximate surface area is 179 Å². The van der Waals surface area contributed by atoms with E-state index in [-0.39, 0.29) is 16.7 Å². The fraction of sp³-hybridized carbons (Fsp3) is 0.444. The lowest BCUT2D eigenvalue weighted by molar-refractivity contribution is 0.124. The van der Waals surface area contributed by atoms with Crippen molar-refractivity contribution in [3.63, 3.8) is 0 Å². The Balaban J connectivity index is 1.72. The van der Waals surface area contributed by atoms with E-state index in [1.54, 1.807) is 0 Å². The van der Waals surface area contributed by atoms with E-state index in [1.165, 1.54) is 12.1 Å². The van der Waals surface area contributed by atoms with Crippen LogP contribution in [0.15, 0.2) is 40.6 Å². The van der Waals surface area contributed by atoms with Crippen molar-refractivity contribution in [3.8, 4) is 0 Å². The number of nitrogens with two attached hydrogens (primary N) is 1. The van der Waals surface area contributed by atoms with Gasteiger partial charge in [0.2, 0.25) is 10.0 Å². The van der Waals surface area contributed by atoms with Gasteiger partial charge in [0.05, 0.1) is 10.9 Å². The molecule has 2 aliphatic rings. The summed E-state index contributed by atoms with van der Waals surface area (Å²) in [5.74, 6) is 0.0212. The topological polar surface area (TPSA) is 116 Å². The lowest BCUT2D eigenvalue weighted by Gasteiger charge is -2.35. The molecule has 0 amide bonds. The molecule has 1 fully saturated rings. The number of sulfonamides is 1. The quantitative estimate of drug-likeness (QED) is 0.664. The van der Waals surface area contributed by atoms with Gasteiger partial charge < -0.3 is 0 Å². The van der Waals surface area contributed by atoms with Crippen LogP contribution in [0, 0.1) is 11.3 Å². The summed E-state index contributed by atoms with van der Waals surface area (Å²) in [6, 6.07) is 10.4. The van der Waals surface area contributed by atoms with Gasteiger partial charge in [0.15, 0.2) is 0 Å². The van der Waals surface area contributed by atoms with E-state index in [0.29, 0.717) is 23.6 Å². The summed E-state index contributed by atoms with van der Waals surface area (Å²) in [6.45, 7) is -0.172. The van der Waals surface area contributed by atoms with Crippen LogP contribution >= 0.6 is 22.9 Å². The van der Waals surface area contributed by atoms with Crippen LogP contribution in [-0.4, -0.2) is 29.5 Å². The summed E-state index contributed by atoms with van der Waals surface area (Å²) < 4.78 is 57.4. The third kappa shape index (κ3) is 4.39. The molecule has 0 radical (unpaired) electrons. The molecule has 158 valence electrons. The van der Waals surface area contributed by atoms with Crippen LogP contribution in [0.1, 0.15) is 24.0 Å². The van der Waals surface area contributed by atoms with Gasteiger partial charge in [0, 0.05) is 11.5 Å². The highest BCUT2D eigenvalue weighted by molar-refractivity contribution is 7.91. The molecule has 3 N–H and O–H groups in total. The molecular weight excluding hydrogens is 456 g/mol. The van der Waals surface area contributed by atoms with Crippen molar-refractivity contribution in [2.75, 3.05) is 6.61 Å². The van der Waals surface area contributed by atoms with Gasteiger partial charge in [-0.3, -0.25) is 4.18 Å². The number of rotatable bonds is 6. The number of hydrogen-bond donors (Lipinski definition) is 2. The molecule has 0 aliphatic heterocycles. The Morgan fingerprint density at radius 2 is 1.90 bits per heavy atom. The van der Waals surface area contributed by atoms with E-state index in [1.807, 2.05) is 24.3 Å². The van der Waals surface area contributed by atoms with Crippen LogP contribution in [0.3, 0.4) is 0 Å². The number of thiophene rings is 1. The molecule has 0 spiro atoms. The van der Waals surface area contributed by atoms with E-state index < -0.39 is 31.8 Å². The molecule has 2 bridgehead atoms. The predicted molar refractivity (Wildman–Crippen MR) is 112 cm³/mol. The van der Waals surface area contributed by atoms with E-state index in [2.05, 4.69) is 4.72 Å². The predicted octanol–water partition coefficient (Wildman–Crippen LogP) is 2.46. The average molecular weight is 477 g/mol. The minimum Gasteiger partial charge on any atom is -0.258 e. The van der Waals surface area contributed by atoms with Crippen molar-refractivity contribution >= 4 is 43.3 Å². The third-order valence-corrected chi connectivity index (χ3v) is 9.50. The first-order chi connectivity index (χ1) is 13.6. The second-order valence-electron chi connectivity index (χ2n) is 7.72. The van der Waals surface area contributed by atoms with Gasteiger partial charge in [0.25, 0.3) is 0 Å². The van der Waals surface area contributed by atoms with Gasteiger partial charge >= 0.3 is 10.3 Å². The summed E-state index contributed by atoms with van der Waals surface area (Å²) in [4.78, 5) is 0. The molecular formula is C18H21ClN2O5S3. The fourth-order valence-electron chi connectivity index (χ4n) is 4.61. The highest BCUT2D eigenvalue weighted by atomic mass is 35.5. The average Bonchev–Trinajstić information content (AvgIpc) is 3.16. The van der Waals surface area contributed by atoms with Crippen molar-refractivity contribution in [1.29, 1.82) is 0 Å². The van der Waals surface area contributed by atoms with Crippen LogP contribution < -0.4 is 9.86 Å². The van der Waals surface area contributed by atoms with Gasteiger partial charge in [-0.2, -0.15) is 8.42 Å². The minimum absolute atomic E-state index is 0.0212. The van der Waals surface area contributed by atoms with Gasteiger partial charge in [-0.05, 0) is 54.9 Å². The van der Waals surface area contributed by atoms with Crippen molar-refractivity contribution in [2.45, 2.75) is 35.9 Å². The van der Waals surface area contributed by atoms with E-state index in [4.69, 9.17) is 20.9 Å². The summed E-state index contributed by atoms with van der Waals surface area (Å²) >= 11 is 6.90. The van der Waals surface area contributed by atoms with Crippen LogP contribution in [0.5, 0.6) is 0 Å². The summed E-state index contributed by atoms with van der Waals surface area (Å²) in [5, 5.41) is 5.08. The second kappa shape index (κ2) is 7.60. The number of hydrogen-bond acceptors (Lipinski definition) is 6. The monoisotopic (exact) mass is 476 g/mol. The molecule has 11 heteroatoms. The Hall–Kier alpha value is -1.01. The molecule has 1 heterocycles. The van der Waals surface area contributed by atoms with E-state index in [9.17, 15) is 16.8 Å². The van der Waals surface area contributed by atoms with Gasteiger partial charge in [-0.15, -0.1) is 11.3 Å². The molecule has 4 rings (SSSR count). The summed E-state index contributed by atoms with van der Waals surface area (Å²) in [5.41, 5.74) is 1.52. The molecule has 1 aromatic carbocycles. The fourth-order valence-corrected chi connectivity index (χ4v) is 7.91. The van der Waals surface area contributed by atoms with Gasteiger partial charge in [-0.25, -0.2) is 18.3 Å². The van der Waals surface area contributed by atoms with Crippen molar-refractivity contribution < 1.29 is 21.0 Å². The third-order valence-electron chi connectivity index (χ3n) is 5.89. The summed E-state index contributed by atoms with van der Waals surface area (Å²) in [7, 11) is -7.96. The van der Waals surface area contributed by atoms with Gasteiger partial charge in [0.1, 0.15) is 4.21 Å². The molecule has 29 heavy (non-hydrogen) atoms. The molecule has 7 nitrogen and oxygen atoms in total. The van der Waals surface area contributed by atoms with Crippen molar-refractivity contribution in [2.24, 2.45) is 16.5 Å². The Bertz CT molecular complexity index is 1130. The zero-order chi connectivity index (χ0) is 20.9. The Morgan fingerprint density at radius 3 is 2.55 bits per heavy atom. The van der Waals surface area contributed by atoms with Crippen LogP contribution in [0.4, 0.5) is 0 Å². The molecule has 3 unspecified atom stereocenters. The molecule has 0 saturated heterocycles. The number of nitrogens with one attached hydrogen (secondary N) is 1. The second-order valence-corrected chi connectivity index (χ2v) is 12.6.